The number of nitrogens with zero attached hydrogens (tertiary/aromatic N) is 2. The third-order valence-corrected chi connectivity index (χ3v) is 8.03. The second-order valence-corrected chi connectivity index (χ2v) is 10.4. The fraction of sp³-hybridized carbons (Fsp3) is 0.333. The van der Waals surface area contributed by atoms with Crippen molar-refractivity contribution in [2.45, 2.75) is 38.3 Å². The lowest BCUT2D eigenvalue weighted by Gasteiger charge is -2.37. The van der Waals surface area contributed by atoms with Crippen molar-refractivity contribution in [3.63, 3.8) is 0 Å². The summed E-state index contributed by atoms with van der Waals surface area (Å²) in [4.78, 5) is 31.3. The number of carbonyl (C=O) groups excluding carboxylic acids is 2. The van der Waals surface area contributed by atoms with Crippen molar-refractivity contribution in [1.29, 1.82) is 0 Å². The van der Waals surface area contributed by atoms with Gasteiger partial charge in [-0.05, 0) is 79.1 Å². The van der Waals surface area contributed by atoms with Gasteiger partial charge in [-0.2, -0.15) is 0 Å². The van der Waals surface area contributed by atoms with E-state index in [2.05, 4.69) is 0 Å². The van der Waals surface area contributed by atoms with Gasteiger partial charge in [0, 0.05) is 22.5 Å². The predicted octanol–water partition coefficient (Wildman–Crippen LogP) is 5.66. The van der Waals surface area contributed by atoms with Crippen LogP contribution < -0.4 is 4.74 Å². The molecule has 1 unspecified atom stereocenters. The first-order valence-corrected chi connectivity index (χ1v) is 13.0. The molecule has 1 aliphatic carbocycles. The number of rotatable bonds is 7. The second kappa shape index (κ2) is 9.99. The molecule has 2 aliphatic rings. The van der Waals surface area contributed by atoms with Crippen LogP contribution in [-0.4, -0.2) is 47.4 Å². The molecule has 5 nitrogen and oxygen atoms in total. The average molecular weight is 513 g/mol. The SMILES string of the molecule is Cc1cc(OCC2c3ccsc3CCN2C(=O)CN(C(=O)c2ccccc2F)C2CC2)ccc1Cl. The maximum absolute atomic E-state index is 14.3. The minimum absolute atomic E-state index is 0.00366. The Morgan fingerprint density at radius 3 is 2.74 bits per heavy atom. The van der Waals surface area contributed by atoms with Crippen LogP contribution in [0.15, 0.2) is 53.9 Å². The third-order valence-electron chi connectivity index (χ3n) is 6.61. The Labute approximate surface area is 213 Å². The smallest absolute Gasteiger partial charge is 0.257 e. The highest BCUT2D eigenvalue weighted by atomic mass is 35.5. The van der Waals surface area contributed by atoms with Crippen molar-refractivity contribution in [2.75, 3.05) is 19.7 Å². The van der Waals surface area contributed by atoms with E-state index in [1.165, 1.54) is 21.9 Å². The summed E-state index contributed by atoms with van der Waals surface area (Å²) in [5.74, 6) is -0.465. The minimum atomic E-state index is -0.568. The molecule has 3 aromatic rings. The molecule has 5 rings (SSSR count). The van der Waals surface area contributed by atoms with Gasteiger partial charge in [-0.25, -0.2) is 4.39 Å². The summed E-state index contributed by atoms with van der Waals surface area (Å²) in [6, 6.07) is 13.2. The molecule has 1 aromatic heterocycles. The fourth-order valence-electron chi connectivity index (χ4n) is 4.54. The average Bonchev–Trinajstić information content (AvgIpc) is 3.58. The third kappa shape index (κ3) is 5.07. The van der Waals surface area contributed by atoms with Crippen LogP contribution in [-0.2, 0) is 11.2 Å². The molecule has 2 aromatic carbocycles. The number of halogens is 2. The largest absolute Gasteiger partial charge is 0.491 e. The van der Waals surface area contributed by atoms with Crippen LogP contribution in [0.4, 0.5) is 4.39 Å². The standard InChI is InChI=1S/C27H26ClFN2O3S/c1-17-14-19(8-9-22(17)28)34-16-24-21-11-13-35-25(21)10-12-30(24)26(32)15-31(18-6-7-18)27(33)20-4-2-3-5-23(20)29/h2-5,8-9,11,13-14,18,24H,6-7,10,12,15-16H2,1H3. The molecule has 1 saturated carbocycles. The molecule has 2 amide bonds. The molecule has 1 atom stereocenters. The van der Waals surface area contributed by atoms with E-state index in [1.54, 1.807) is 29.5 Å². The van der Waals surface area contributed by atoms with Crippen LogP contribution >= 0.6 is 22.9 Å². The predicted molar refractivity (Wildman–Crippen MR) is 135 cm³/mol. The van der Waals surface area contributed by atoms with Gasteiger partial charge in [-0.3, -0.25) is 9.59 Å². The van der Waals surface area contributed by atoms with E-state index in [0.29, 0.717) is 23.9 Å². The van der Waals surface area contributed by atoms with Crippen molar-refractivity contribution < 1.29 is 18.7 Å². The number of thiophene rings is 1. The summed E-state index contributed by atoms with van der Waals surface area (Å²) in [6.45, 7) is 2.68. The second-order valence-electron chi connectivity index (χ2n) is 9.02. The van der Waals surface area contributed by atoms with Crippen LogP contribution in [0.25, 0.3) is 0 Å². The molecular formula is C27H26ClFN2O3S. The lowest BCUT2D eigenvalue weighted by molar-refractivity contribution is -0.135. The zero-order valence-electron chi connectivity index (χ0n) is 19.4. The van der Waals surface area contributed by atoms with Gasteiger partial charge in [0.2, 0.25) is 5.91 Å². The lowest BCUT2D eigenvalue weighted by atomic mass is 10.00. The maximum atomic E-state index is 14.3. The number of hydrogen-bond acceptors (Lipinski definition) is 4. The highest BCUT2D eigenvalue weighted by Gasteiger charge is 2.38. The van der Waals surface area contributed by atoms with E-state index in [4.69, 9.17) is 16.3 Å². The number of ether oxygens (including phenoxy) is 1. The normalized spacial score (nSPS) is 17.1. The monoisotopic (exact) mass is 512 g/mol. The van der Waals surface area contributed by atoms with Crippen LogP contribution in [0.3, 0.4) is 0 Å². The van der Waals surface area contributed by atoms with Gasteiger partial charge in [0.1, 0.15) is 24.7 Å². The number of carbonyl (C=O) groups is 2. The number of aryl methyl sites for hydroxylation is 1. The van der Waals surface area contributed by atoms with Gasteiger partial charge in [0.05, 0.1) is 11.6 Å². The molecule has 0 N–H and O–H groups in total. The summed E-state index contributed by atoms with van der Waals surface area (Å²) < 4.78 is 20.4. The van der Waals surface area contributed by atoms with Crippen LogP contribution in [0.5, 0.6) is 5.75 Å². The van der Waals surface area contributed by atoms with E-state index < -0.39 is 11.7 Å². The van der Waals surface area contributed by atoms with E-state index in [-0.39, 0.29) is 30.1 Å². The highest BCUT2D eigenvalue weighted by molar-refractivity contribution is 7.10. The molecule has 0 saturated heterocycles. The number of hydrogen-bond donors (Lipinski definition) is 0. The van der Waals surface area contributed by atoms with Crippen molar-refractivity contribution in [2.24, 2.45) is 0 Å². The lowest BCUT2D eigenvalue weighted by Crippen LogP contribution is -2.48. The van der Waals surface area contributed by atoms with Crippen molar-refractivity contribution >= 4 is 34.8 Å². The molecule has 0 bridgehead atoms. The zero-order chi connectivity index (χ0) is 24.5. The molecule has 0 radical (unpaired) electrons. The first-order valence-electron chi connectivity index (χ1n) is 11.7. The van der Waals surface area contributed by atoms with Gasteiger partial charge in [0.25, 0.3) is 5.91 Å². The first-order chi connectivity index (χ1) is 16.9. The Morgan fingerprint density at radius 1 is 1.20 bits per heavy atom. The summed E-state index contributed by atoms with van der Waals surface area (Å²) >= 11 is 7.83. The molecule has 1 aliphatic heterocycles. The zero-order valence-corrected chi connectivity index (χ0v) is 20.9. The molecule has 2 heterocycles. The maximum Gasteiger partial charge on any atom is 0.257 e. The summed E-state index contributed by atoms with van der Waals surface area (Å²) in [6.07, 6.45) is 2.41. The van der Waals surface area contributed by atoms with Crippen LogP contribution in [0, 0.1) is 12.7 Å². The van der Waals surface area contributed by atoms with Crippen molar-refractivity contribution in [3.8, 4) is 5.75 Å². The number of fused-ring (bicyclic) bond motifs is 1. The summed E-state index contributed by atoms with van der Waals surface area (Å²) in [5, 5.41) is 2.71. The van der Waals surface area contributed by atoms with Gasteiger partial charge in [0.15, 0.2) is 0 Å². The Balaban J connectivity index is 1.35. The van der Waals surface area contributed by atoms with Gasteiger partial charge in [-0.1, -0.05) is 23.7 Å². The molecule has 35 heavy (non-hydrogen) atoms. The van der Waals surface area contributed by atoms with Crippen LogP contribution in [0.2, 0.25) is 5.02 Å². The fourth-order valence-corrected chi connectivity index (χ4v) is 5.58. The van der Waals surface area contributed by atoms with Crippen molar-refractivity contribution in [3.05, 3.63) is 86.3 Å². The van der Waals surface area contributed by atoms with Crippen molar-refractivity contribution in [1.82, 2.24) is 9.80 Å². The highest BCUT2D eigenvalue weighted by Crippen LogP contribution is 2.35. The van der Waals surface area contributed by atoms with E-state index in [1.807, 2.05) is 35.4 Å². The molecular weight excluding hydrogens is 487 g/mol. The summed E-state index contributed by atoms with van der Waals surface area (Å²) in [7, 11) is 0. The van der Waals surface area contributed by atoms with Gasteiger partial charge < -0.3 is 14.5 Å². The van der Waals surface area contributed by atoms with Crippen LogP contribution in [0.1, 0.15) is 45.2 Å². The molecule has 1 fully saturated rings. The Hall–Kier alpha value is -2.90. The van der Waals surface area contributed by atoms with E-state index >= 15 is 0 Å². The van der Waals surface area contributed by atoms with Gasteiger partial charge in [-0.15, -0.1) is 11.3 Å². The van der Waals surface area contributed by atoms with Gasteiger partial charge >= 0.3 is 0 Å². The quantitative estimate of drug-likeness (QED) is 0.410. The number of amides is 2. The summed E-state index contributed by atoms with van der Waals surface area (Å²) in [5.41, 5.74) is 2.01. The Kier molecular flexibility index (Phi) is 6.80. The molecule has 8 heteroatoms. The molecule has 182 valence electrons. The topological polar surface area (TPSA) is 49.9 Å². The molecule has 0 spiro atoms. The number of benzene rings is 2. The Morgan fingerprint density at radius 2 is 2.00 bits per heavy atom. The van der Waals surface area contributed by atoms with E-state index in [0.717, 1.165) is 30.4 Å². The minimum Gasteiger partial charge on any atom is -0.491 e. The Bertz CT molecular complexity index is 1260. The van der Waals surface area contributed by atoms with E-state index in [9.17, 15) is 14.0 Å². The first kappa shape index (κ1) is 23.8.